The largest absolute Gasteiger partial charge is 0.481 e. The van der Waals surface area contributed by atoms with Gasteiger partial charge in [0.15, 0.2) is 0 Å². The van der Waals surface area contributed by atoms with Crippen LogP contribution in [0, 0.1) is 13.8 Å². The summed E-state index contributed by atoms with van der Waals surface area (Å²) in [7, 11) is 0. The van der Waals surface area contributed by atoms with Crippen molar-refractivity contribution in [1.29, 1.82) is 0 Å². The minimum atomic E-state index is -0.755. The fraction of sp³-hybridized carbons (Fsp3) is 0.278. The maximum Gasteiger partial charge on any atom is 0.303 e. The lowest BCUT2D eigenvalue weighted by Crippen LogP contribution is -2.02. The second-order valence-corrected chi connectivity index (χ2v) is 5.42. The fourth-order valence-corrected chi connectivity index (χ4v) is 2.33. The van der Waals surface area contributed by atoms with E-state index in [9.17, 15) is 4.79 Å². The molecule has 0 aliphatic carbocycles. The predicted molar refractivity (Wildman–Crippen MR) is 82.0 cm³/mol. The van der Waals surface area contributed by atoms with Crippen LogP contribution in [0.2, 0.25) is 0 Å². The van der Waals surface area contributed by atoms with E-state index in [2.05, 4.69) is 44.2 Å². The van der Waals surface area contributed by atoms with Crippen molar-refractivity contribution in [3.05, 3.63) is 59.2 Å². The second-order valence-electron chi connectivity index (χ2n) is 5.42. The van der Waals surface area contributed by atoms with Gasteiger partial charge in [-0.15, -0.1) is 0 Å². The Bertz CT molecular complexity index is 629. The molecule has 0 heterocycles. The first-order valence-electron chi connectivity index (χ1n) is 6.86. The smallest absolute Gasteiger partial charge is 0.303 e. The van der Waals surface area contributed by atoms with Crippen LogP contribution in [-0.2, 0) is 4.79 Å². The summed E-state index contributed by atoms with van der Waals surface area (Å²) in [6, 6.07) is 14.6. The first kappa shape index (κ1) is 14.3. The lowest BCUT2D eigenvalue weighted by molar-refractivity contribution is -0.137. The van der Waals surface area contributed by atoms with Crippen LogP contribution in [0.4, 0.5) is 0 Å². The van der Waals surface area contributed by atoms with Crippen LogP contribution in [0.1, 0.15) is 36.0 Å². The first-order valence-corrected chi connectivity index (χ1v) is 6.86. The van der Waals surface area contributed by atoms with Gasteiger partial charge in [0, 0.05) is 0 Å². The van der Waals surface area contributed by atoms with E-state index in [1.807, 2.05) is 19.1 Å². The quantitative estimate of drug-likeness (QED) is 0.883. The van der Waals surface area contributed by atoms with Crippen LogP contribution in [-0.4, -0.2) is 11.1 Å². The molecule has 2 rings (SSSR count). The van der Waals surface area contributed by atoms with Gasteiger partial charge in [-0.05, 0) is 47.6 Å². The Kier molecular flexibility index (Phi) is 4.23. The summed E-state index contributed by atoms with van der Waals surface area (Å²) < 4.78 is 0. The lowest BCUT2D eigenvalue weighted by Gasteiger charge is -2.12. The van der Waals surface area contributed by atoms with Crippen molar-refractivity contribution in [3.63, 3.8) is 0 Å². The van der Waals surface area contributed by atoms with Crippen molar-refractivity contribution >= 4 is 5.97 Å². The summed E-state index contributed by atoms with van der Waals surface area (Å²) in [6.07, 6.45) is 0.163. The molecule has 0 aliphatic heterocycles. The van der Waals surface area contributed by atoms with Crippen LogP contribution in [0.25, 0.3) is 11.1 Å². The minimum absolute atomic E-state index is 0.0268. The molecule has 0 spiro atoms. The molecular weight excluding hydrogens is 248 g/mol. The van der Waals surface area contributed by atoms with Gasteiger partial charge in [0.1, 0.15) is 0 Å². The zero-order chi connectivity index (χ0) is 14.7. The third-order valence-electron chi connectivity index (χ3n) is 3.78. The fourth-order valence-electron chi connectivity index (χ4n) is 2.33. The van der Waals surface area contributed by atoms with Crippen molar-refractivity contribution < 1.29 is 9.90 Å². The monoisotopic (exact) mass is 268 g/mol. The summed E-state index contributed by atoms with van der Waals surface area (Å²) in [5.41, 5.74) is 5.94. The molecule has 1 N–H and O–H groups in total. The first-order chi connectivity index (χ1) is 9.47. The topological polar surface area (TPSA) is 37.3 Å². The molecule has 0 radical (unpaired) electrons. The Balaban J connectivity index is 2.33. The highest BCUT2D eigenvalue weighted by molar-refractivity contribution is 5.69. The van der Waals surface area contributed by atoms with Crippen LogP contribution < -0.4 is 0 Å². The summed E-state index contributed by atoms with van der Waals surface area (Å²) in [6.45, 7) is 6.16. The Morgan fingerprint density at radius 2 is 1.75 bits per heavy atom. The molecule has 0 amide bonds. The molecule has 104 valence electrons. The van der Waals surface area contributed by atoms with E-state index in [1.165, 1.54) is 16.7 Å². The molecule has 2 aromatic carbocycles. The summed E-state index contributed by atoms with van der Waals surface area (Å²) in [5, 5.41) is 8.90. The average Bonchev–Trinajstić information content (AvgIpc) is 2.41. The summed E-state index contributed by atoms with van der Waals surface area (Å²) >= 11 is 0. The zero-order valence-electron chi connectivity index (χ0n) is 12.2. The van der Waals surface area contributed by atoms with Crippen molar-refractivity contribution in [2.75, 3.05) is 0 Å². The minimum Gasteiger partial charge on any atom is -0.481 e. The van der Waals surface area contributed by atoms with Gasteiger partial charge in [-0.2, -0.15) is 0 Å². The summed E-state index contributed by atoms with van der Waals surface area (Å²) in [5.74, 6) is -0.729. The third kappa shape index (κ3) is 3.27. The average molecular weight is 268 g/mol. The van der Waals surface area contributed by atoms with E-state index in [0.29, 0.717) is 0 Å². The molecule has 0 fully saturated rings. The SMILES string of the molecule is Cc1ccc(-c2cccc(C(C)CC(=O)O)c2)cc1C. The standard InChI is InChI=1S/C18H20O2/c1-12-7-8-17(9-13(12)2)16-6-4-5-15(11-16)14(3)10-18(19)20/h4-9,11,14H,10H2,1-3H3,(H,19,20). The van der Waals surface area contributed by atoms with Crippen molar-refractivity contribution in [3.8, 4) is 11.1 Å². The molecule has 2 nitrogen and oxygen atoms in total. The number of benzene rings is 2. The molecule has 0 aromatic heterocycles. The normalized spacial score (nSPS) is 12.2. The Morgan fingerprint density at radius 1 is 1.05 bits per heavy atom. The number of hydrogen-bond acceptors (Lipinski definition) is 1. The van der Waals surface area contributed by atoms with E-state index in [4.69, 9.17) is 5.11 Å². The Morgan fingerprint density at radius 3 is 2.40 bits per heavy atom. The molecule has 0 aliphatic rings. The van der Waals surface area contributed by atoms with Gasteiger partial charge in [-0.1, -0.05) is 49.4 Å². The molecule has 0 bridgehead atoms. The number of carboxylic acids is 1. The number of carboxylic acid groups (broad SMARTS) is 1. The van der Waals surface area contributed by atoms with Gasteiger partial charge in [-0.25, -0.2) is 0 Å². The van der Waals surface area contributed by atoms with Crippen LogP contribution >= 0.6 is 0 Å². The number of hydrogen-bond donors (Lipinski definition) is 1. The lowest BCUT2D eigenvalue weighted by atomic mass is 9.93. The van der Waals surface area contributed by atoms with Gasteiger partial charge < -0.3 is 5.11 Å². The van der Waals surface area contributed by atoms with Crippen molar-refractivity contribution in [2.24, 2.45) is 0 Å². The van der Waals surface area contributed by atoms with E-state index in [-0.39, 0.29) is 12.3 Å². The third-order valence-corrected chi connectivity index (χ3v) is 3.78. The molecule has 1 unspecified atom stereocenters. The highest BCUT2D eigenvalue weighted by Crippen LogP contribution is 2.27. The molecule has 20 heavy (non-hydrogen) atoms. The maximum atomic E-state index is 10.8. The van der Waals surface area contributed by atoms with E-state index in [1.54, 1.807) is 0 Å². The number of aliphatic carboxylic acids is 1. The Labute approximate surface area is 120 Å². The highest BCUT2D eigenvalue weighted by atomic mass is 16.4. The van der Waals surface area contributed by atoms with Crippen LogP contribution in [0.3, 0.4) is 0 Å². The van der Waals surface area contributed by atoms with Gasteiger partial charge in [-0.3, -0.25) is 4.79 Å². The van der Waals surface area contributed by atoms with E-state index in [0.717, 1.165) is 11.1 Å². The zero-order valence-corrected chi connectivity index (χ0v) is 12.2. The van der Waals surface area contributed by atoms with Crippen LogP contribution in [0.5, 0.6) is 0 Å². The molecular formula is C18H20O2. The van der Waals surface area contributed by atoms with Gasteiger partial charge in [0.25, 0.3) is 0 Å². The molecule has 1 atom stereocenters. The van der Waals surface area contributed by atoms with Gasteiger partial charge in [0.05, 0.1) is 6.42 Å². The molecule has 2 heteroatoms. The number of aryl methyl sites for hydroxylation is 2. The Hall–Kier alpha value is -2.09. The van der Waals surface area contributed by atoms with Crippen LogP contribution in [0.15, 0.2) is 42.5 Å². The summed E-state index contributed by atoms with van der Waals surface area (Å²) in [4.78, 5) is 10.8. The van der Waals surface area contributed by atoms with Gasteiger partial charge in [0.2, 0.25) is 0 Å². The number of carbonyl (C=O) groups is 1. The van der Waals surface area contributed by atoms with Crippen molar-refractivity contribution in [1.82, 2.24) is 0 Å². The molecule has 2 aromatic rings. The van der Waals surface area contributed by atoms with E-state index < -0.39 is 5.97 Å². The van der Waals surface area contributed by atoms with Crippen molar-refractivity contribution in [2.45, 2.75) is 33.1 Å². The number of rotatable bonds is 4. The maximum absolute atomic E-state index is 10.8. The second kappa shape index (κ2) is 5.91. The molecule has 0 saturated heterocycles. The van der Waals surface area contributed by atoms with Gasteiger partial charge >= 0.3 is 5.97 Å². The predicted octanol–water partition coefficient (Wildman–Crippen LogP) is 4.55. The highest BCUT2D eigenvalue weighted by Gasteiger charge is 2.11. The molecule has 0 saturated carbocycles. The van der Waals surface area contributed by atoms with E-state index >= 15 is 0 Å².